The van der Waals surface area contributed by atoms with Crippen molar-refractivity contribution in [3.05, 3.63) is 29.6 Å². The lowest BCUT2D eigenvalue weighted by molar-refractivity contribution is 0.00748. The maximum Gasteiger partial charge on any atom is 0.146 e. The minimum Gasteiger partial charge on any atom is -0.389 e. The third-order valence-corrected chi connectivity index (χ3v) is 3.06. The largest absolute Gasteiger partial charge is 0.389 e. The molecule has 0 aliphatic carbocycles. The maximum atomic E-state index is 13.6. The maximum absolute atomic E-state index is 13.6. The summed E-state index contributed by atoms with van der Waals surface area (Å²) in [5.41, 5.74) is 1.24. The summed E-state index contributed by atoms with van der Waals surface area (Å²) in [5, 5.41) is 12.7. The molecule has 21 heavy (non-hydrogen) atoms. The average molecular weight is 299 g/mol. The first kappa shape index (κ1) is 17.9. The van der Waals surface area contributed by atoms with Crippen molar-refractivity contribution in [3.63, 3.8) is 0 Å². The van der Waals surface area contributed by atoms with E-state index in [4.69, 9.17) is 9.47 Å². The quantitative estimate of drug-likeness (QED) is 0.617. The Balaban J connectivity index is 2.12. The molecule has 0 radical (unpaired) electrons. The topological polar surface area (TPSA) is 50.7 Å². The molecule has 0 saturated heterocycles. The molecule has 1 atom stereocenters. The number of benzene rings is 1. The third-order valence-electron chi connectivity index (χ3n) is 3.06. The molecule has 120 valence electrons. The van der Waals surface area contributed by atoms with E-state index in [1.54, 1.807) is 6.07 Å². The zero-order chi connectivity index (χ0) is 15.5. The number of hydrogen-bond donors (Lipinski definition) is 2. The van der Waals surface area contributed by atoms with Gasteiger partial charge in [0, 0.05) is 13.2 Å². The lowest BCUT2D eigenvalue weighted by atomic mass is 10.2. The first-order valence-electron chi connectivity index (χ1n) is 7.47. The number of aliphatic hydroxyl groups is 1. The van der Waals surface area contributed by atoms with Gasteiger partial charge in [-0.1, -0.05) is 25.5 Å². The van der Waals surface area contributed by atoms with Crippen molar-refractivity contribution in [2.24, 2.45) is 0 Å². The van der Waals surface area contributed by atoms with Crippen LogP contribution in [0.4, 0.5) is 10.1 Å². The van der Waals surface area contributed by atoms with Crippen LogP contribution < -0.4 is 5.32 Å². The fraction of sp³-hybridized carbons (Fsp3) is 0.625. The second kappa shape index (κ2) is 10.5. The number of ether oxygens (including phenoxy) is 2. The van der Waals surface area contributed by atoms with Gasteiger partial charge in [-0.3, -0.25) is 0 Å². The van der Waals surface area contributed by atoms with Crippen molar-refractivity contribution in [2.75, 3.05) is 38.3 Å². The van der Waals surface area contributed by atoms with Crippen LogP contribution in [0, 0.1) is 12.7 Å². The first-order valence-corrected chi connectivity index (χ1v) is 7.47. The van der Waals surface area contributed by atoms with Crippen LogP contribution in [0.5, 0.6) is 0 Å². The van der Waals surface area contributed by atoms with Crippen molar-refractivity contribution in [1.29, 1.82) is 0 Å². The molecule has 0 bridgehead atoms. The molecule has 0 aliphatic heterocycles. The van der Waals surface area contributed by atoms with Crippen LogP contribution in [-0.4, -0.2) is 44.2 Å². The Morgan fingerprint density at radius 1 is 1.24 bits per heavy atom. The molecule has 4 nitrogen and oxygen atoms in total. The van der Waals surface area contributed by atoms with Gasteiger partial charge in [-0.15, -0.1) is 0 Å². The number of nitrogens with one attached hydrogen (secondary N) is 1. The van der Waals surface area contributed by atoms with Crippen LogP contribution in [0.15, 0.2) is 18.2 Å². The van der Waals surface area contributed by atoms with Gasteiger partial charge in [-0.25, -0.2) is 4.39 Å². The zero-order valence-electron chi connectivity index (χ0n) is 12.9. The van der Waals surface area contributed by atoms with E-state index in [9.17, 15) is 9.50 Å². The Hall–Kier alpha value is -1.17. The molecule has 1 unspecified atom stereocenters. The fourth-order valence-corrected chi connectivity index (χ4v) is 1.82. The molecule has 0 aromatic heterocycles. The molecular formula is C16H26FNO3. The highest BCUT2D eigenvalue weighted by Gasteiger charge is 2.08. The number of unbranched alkanes of at least 4 members (excludes halogenated alkanes) is 1. The number of halogens is 1. The molecule has 0 spiro atoms. The number of aliphatic hydroxyl groups excluding tert-OH is 1. The highest BCUT2D eigenvalue weighted by molar-refractivity contribution is 5.51. The van der Waals surface area contributed by atoms with E-state index in [0.29, 0.717) is 18.9 Å². The second-order valence-corrected chi connectivity index (χ2v) is 5.01. The summed E-state index contributed by atoms with van der Waals surface area (Å²) in [4.78, 5) is 0. The Labute approximate surface area is 126 Å². The third kappa shape index (κ3) is 7.41. The van der Waals surface area contributed by atoms with Crippen LogP contribution >= 0.6 is 0 Å². The SMILES string of the molecule is CCCCOCCOCC(O)CNc1c(C)cccc1F. The Kier molecular flexibility index (Phi) is 8.98. The first-order chi connectivity index (χ1) is 10.1. The van der Waals surface area contributed by atoms with Crippen molar-refractivity contribution in [3.8, 4) is 0 Å². The van der Waals surface area contributed by atoms with Gasteiger partial charge >= 0.3 is 0 Å². The summed E-state index contributed by atoms with van der Waals surface area (Å²) >= 11 is 0. The summed E-state index contributed by atoms with van der Waals surface area (Å²) in [6.07, 6.45) is 1.48. The molecule has 1 aromatic carbocycles. The predicted molar refractivity (Wildman–Crippen MR) is 82.2 cm³/mol. The Morgan fingerprint density at radius 2 is 2.00 bits per heavy atom. The van der Waals surface area contributed by atoms with Crippen LogP contribution in [0.1, 0.15) is 25.3 Å². The molecule has 1 aromatic rings. The fourth-order valence-electron chi connectivity index (χ4n) is 1.82. The minimum atomic E-state index is -0.681. The van der Waals surface area contributed by atoms with E-state index in [-0.39, 0.29) is 19.0 Å². The van der Waals surface area contributed by atoms with Gasteiger partial charge in [-0.05, 0) is 25.0 Å². The Morgan fingerprint density at radius 3 is 2.71 bits per heavy atom. The summed E-state index contributed by atoms with van der Waals surface area (Å²) < 4.78 is 24.2. The average Bonchev–Trinajstić information content (AvgIpc) is 2.46. The monoisotopic (exact) mass is 299 g/mol. The molecular weight excluding hydrogens is 273 g/mol. The van der Waals surface area contributed by atoms with Crippen LogP contribution in [0.2, 0.25) is 0 Å². The van der Waals surface area contributed by atoms with E-state index >= 15 is 0 Å². The zero-order valence-corrected chi connectivity index (χ0v) is 12.9. The summed E-state index contributed by atoms with van der Waals surface area (Å²) in [7, 11) is 0. The molecule has 2 N–H and O–H groups in total. The van der Waals surface area contributed by atoms with E-state index in [1.807, 2.05) is 13.0 Å². The molecule has 0 heterocycles. The predicted octanol–water partition coefficient (Wildman–Crippen LogP) is 2.74. The number of rotatable bonds is 11. The number of aryl methyl sites for hydroxylation is 1. The lowest BCUT2D eigenvalue weighted by Crippen LogP contribution is -2.26. The van der Waals surface area contributed by atoms with E-state index < -0.39 is 6.10 Å². The van der Waals surface area contributed by atoms with E-state index in [0.717, 1.165) is 25.0 Å². The van der Waals surface area contributed by atoms with E-state index in [2.05, 4.69) is 12.2 Å². The van der Waals surface area contributed by atoms with Gasteiger partial charge < -0.3 is 19.9 Å². The van der Waals surface area contributed by atoms with Gasteiger partial charge in [-0.2, -0.15) is 0 Å². The normalized spacial score (nSPS) is 12.4. The standard InChI is InChI=1S/C16H26FNO3/c1-3-4-8-20-9-10-21-12-14(19)11-18-16-13(2)6-5-7-15(16)17/h5-7,14,18-19H,3-4,8-12H2,1-2H3. The molecule has 0 saturated carbocycles. The van der Waals surface area contributed by atoms with Crippen molar-refractivity contribution in [1.82, 2.24) is 0 Å². The molecule has 1 rings (SSSR count). The van der Waals surface area contributed by atoms with Crippen molar-refractivity contribution < 1.29 is 19.0 Å². The molecule has 5 heteroatoms. The van der Waals surface area contributed by atoms with Gasteiger partial charge in [0.15, 0.2) is 0 Å². The molecule has 0 amide bonds. The molecule has 0 fully saturated rings. The van der Waals surface area contributed by atoms with Gasteiger partial charge in [0.05, 0.1) is 31.6 Å². The Bertz CT molecular complexity index is 381. The van der Waals surface area contributed by atoms with Crippen LogP contribution in [-0.2, 0) is 9.47 Å². The van der Waals surface area contributed by atoms with Crippen molar-refractivity contribution >= 4 is 5.69 Å². The smallest absolute Gasteiger partial charge is 0.146 e. The van der Waals surface area contributed by atoms with Gasteiger partial charge in [0.2, 0.25) is 0 Å². The molecule has 0 aliphatic rings. The van der Waals surface area contributed by atoms with Crippen LogP contribution in [0.25, 0.3) is 0 Å². The van der Waals surface area contributed by atoms with Gasteiger partial charge in [0.1, 0.15) is 5.82 Å². The van der Waals surface area contributed by atoms with Crippen LogP contribution in [0.3, 0.4) is 0 Å². The summed E-state index contributed by atoms with van der Waals surface area (Å²) in [5.74, 6) is -0.313. The summed E-state index contributed by atoms with van der Waals surface area (Å²) in [6.45, 7) is 6.13. The van der Waals surface area contributed by atoms with E-state index in [1.165, 1.54) is 6.07 Å². The highest BCUT2D eigenvalue weighted by atomic mass is 19.1. The van der Waals surface area contributed by atoms with Crippen molar-refractivity contribution in [2.45, 2.75) is 32.8 Å². The number of para-hydroxylation sites is 1. The summed E-state index contributed by atoms with van der Waals surface area (Å²) in [6, 6.07) is 4.88. The second-order valence-electron chi connectivity index (χ2n) is 5.01. The minimum absolute atomic E-state index is 0.206. The number of anilines is 1. The highest BCUT2D eigenvalue weighted by Crippen LogP contribution is 2.18. The van der Waals surface area contributed by atoms with Gasteiger partial charge in [0.25, 0.3) is 0 Å². The number of hydrogen-bond acceptors (Lipinski definition) is 4. The lowest BCUT2D eigenvalue weighted by Gasteiger charge is -2.15.